The second-order valence-electron chi connectivity index (χ2n) is 2.43. The van der Waals surface area contributed by atoms with Crippen molar-refractivity contribution in [1.29, 1.82) is 0 Å². The lowest BCUT2D eigenvalue weighted by molar-refractivity contribution is 0.0988. The Morgan fingerprint density at radius 2 is 2.58 bits per heavy atom. The van der Waals surface area contributed by atoms with E-state index in [9.17, 15) is 0 Å². The first-order valence-electron chi connectivity index (χ1n) is 3.63. The minimum Gasteiger partial charge on any atom is -0.391 e. The average Bonchev–Trinajstić information content (AvgIpc) is 2.51. The highest BCUT2D eigenvalue weighted by atomic mass is 32.1. The smallest absolute Gasteiger partial charge is 0.105 e. The van der Waals surface area contributed by atoms with Gasteiger partial charge in [0, 0.05) is 4.88 Å². The molecule has 0 aliphatic heterocycles. The first kappa shape index (κ1) is 9.64. The molecule has 0 aliphatic carbocycles. The second kappa shape index (κ2) is 4.54. The van der Waals surface area contributed by atoms with E-state index < -0.39 is 0 Å². The largest absolute Gasteiger partial charge is 0.391 e. The fourth-order valence-electron chi connectivity index (χ4n) is 0.684. The Bertz CT molecular complexity index is 246. The summed E-state index contributed by atoms with van der Waals surface area (Å²) in [5.74, 6) is 0. The van der Waals surface area contributed by atoms with E-state index in [-0.39, 0.29) is 6.10 Å². The number of thiocarbonyl (C=S) groups is 1. The van der Waals surface area contributed by atoms with Crippen LogP contribution < -0.4 is 5.73 Å². The highest BCUT2D eigenvalue weighted by Gasteiger charge is 2.04. The van der Waals surface area contributed by atoms with Crippen molar-refractivity contribution >= 4 is 28.5 Å². The van der Waals surface area contributed by atoms with Gasteiger partial charge < -0.3 is 10.5 Å². The van der Waals surface area contributed by atoms with Crippen molar-refractivity contribution in [2.24, 2.45) is 5.73 Å². The summed E-state index contributed by atoms with van der Waals surface area (Å²) in [7, 11) is 0. The third-order valence-electron chi connectivity index (χ3n) is 1.46. The van der Waals surface area contributed by atoms with Crippen molar-refractivity contribution in [3.8, 4) is 0 Å². The summed E-state index contributed by atoms with van der Waals surface area (Å²) in [4.78, 5) is 1.60. The van der Waals surface area contributed by atoms with Crippen molar-refractivity contribution in [1.82, 2.24) is 0 Å². The first-order chi connectivity index (χ1) is 5.70. The zero-order valence-electron chi connectivity index (χ0n) is 6.82. The number of ether oxygens (including phenoxy) is 1. The molecule has 1 aromatic rings. The summed E-state index contributed by atoms with van der Waals surface area (Å²) in [6.07, 6.45) is -0.137. The second-order valence-corrected chi connectivity index (χ2v) is 3.94. The number of thiophene rings is 1. The number of rotatable bonds is 4. The minimum atomic E-state index is -0.137. The van der Waals surface area contributed by atoms with Crippen LogP contribution in [-0.2, 0) is 11.3 Å². The molecule has 0 fully saturated rings. The predicted octanol–water partition coefficient (Wildman–Crippen LogP) is 1.94. The molecule has 0 radical (unpaired) electrons. The Morgan fingerprint density at radius 3 is 3.08 bits per heavy atom. The average molecular weight is 201 g/mol. The van der Waals surface area contributed by atoms with Gasteiger partial charge in [0.05, 0.1) is 6.61 Å². The van der Waals surface area contributed by atoms with Crippen LogP contribution in [0.25, 0.3) is 0 Å². The van der Waals surface area contributed by atoms with Crippen LogP contribution in [-0.4, -0.2) is 11.1 Å². The van der Waals surface area contributed by atoms with E-state index >= 15 is 0 Å². The molecular formula is C8H11NOS2. The molecule has 0 spiro atoms. The Balaban J connectivity index is 2.31. The molecule has 0 bridgehead atoms. The Labute approximate surface area is 81.3 Å². The summed E-state index contributed by atoms with van der Waals surface area (Å²) < 4.78 is 5.39. The summed E-state index contributed by atoms with van der Waals surface area (Å²) in [6.45, 7) is 2.45. The van der Waals surface area contributed by atoms with Crippen LogP contribution in [0.15, 0.2) is 17.5 Å². The lowest BCUT2D eigenvalue weighted by atomic mass is 10.4. The summed E-state index contributed by atoms with van der Waals surface area (Å²) >= 11 is 6.44. The molecule has 1 atom stereocenters. The van der Waals surface area contributed by atoms with Crippen LogP contribution in [0.3, 0.4) is 0 Å². The fourth-order valence-corrected chi connectivity index (χ4v) is 1.38. The van der Waals surface area contributed by atoms with Crippen LogP contribution in [0.2, 0.25) is 0 Å². The monoisotopic (exact) mass is 201 g/mol. The Kier molecular flexibility index (Phi) is 3.65. The normalized spacial score (nSPS) is 12.8. The van der Waals surface area contributed by atoms with E-state index in [0.29, 0.717) is 11.6 Å². The molecule has 0 amide bonds. The van der Waals surface area contributed by atoms with Gasteiger partial charge in [-0.05, 0) is 18.4 Å². The zero-order chi connectivity index (χ0) is 8.97. The van der Waals surface area contributed by atoms with Gasteiger partial charge in [0.1, 0.15) is 11.1 Å². The summed E-state index contributed by atoms with van der Waals surface area (Å²) in [5.41, 5.74) is 5.39. The molecule has 0 aliphatic rings. The quantitative estimate of drug-likeness (QED) is 0.756. The maximum Gasteiger partial charge on any atom is 0.105 e. The maximum atomic E-state index is 5.39. The van der Waals surface area contributed by atoms with E-state index in [1.807, 2.05) is 24.4 Å². The molecule has 66 valence electrons. The lowest BCUT2D eigenvalue weighted by Crippen LogP contribution is -2.25. The van der Waals surface area contributed by atoms with Gasteiger partial charge in [-0.15, -0.1) is 11.3 Å². The van der Waals surface area contributed by atoms with Crippen molar-refractivity contribution in [2.75, 3.05) is 0 Å². The van der Waals surface area contributed by atoms with Crippen molar-refractivity contribution < 1.29 is 4.74 Å². The van der Waals surface area contributed by atoms with Crippen LogP contribution in [0.5, 0.6) is 0 Å². The molecule has 1 unspecified atom stereocenters. The summed E-state index contributed by atoms with van der Waals surface area (Å²) in [6, 6.07) is 4.02. The molecule has 1 aromatic heterocycles. The van der Waals surface area contributed by atoms with Crippen molar-refractivity contribution in [2.45, 2.75) is 19.6 Å². The van der Waals surface area contributed by atoms with Crippen LogP contribution in [0.4, 0.5) is 0 Å². The van der Waals surface area contributed by atoms with Gasteiger partial charge in [-0.2, -0.15) is 0 Å². The molecule has 1 heterocycles. The number of hydrogen-bond acceptors (Lipinski definition) is 3. The van der Waals surface area contributed by atoms with Crippen LogP contribution in [0.1, 0.15) is 11.8 Å². The topological polar surface area (TPSA) is 35.2 Å². The van der Waals surface area contributed by atoms with Gasteiger partial charge in [-0.1, -0.05) is 18.3 Å². The SMILES string of the molecule is CC(OCc1cccs1)C(N)=S. The standard InChI is InChI=1S/C8H11NOS2/c1-6(8(9)11)10-5-7-3-2-4-12-7/h2-4,6H,5H2,1H3,(H2,9,11). The zero-order valence-corrected chi connectivity index (χ0v) is 8.45. The van der Waals surface area contributed by atoms with Crippen molar-refractivity contribution in [3.05, 3.63) is 22.4 Å². The van der Waals surface area contributed by atoms with E-state index in [4.69, 9.17) is 22.7 Å². The third-order valence-corrected chi connectivity index (χ3v) is 2.64. The number of nitrogens with two attached hydrogens (primary N) is 1. The van der Waals surface area contributed by atoms with E-state index in [1.165, 1.54) is 4.88 Å². The van der Waals surface area contributed by atoms with E-state index in [0.717, 1.165) is 0 Å². The molecule has 2 N–H and O–H groups in total. The molecular weight excluding hydrogens is 190 g/mol. The predicted molar refractivity (Wildman–Crippen MR) is 55.4 cm³/mol. The van der Waals surface area contributed by atoms with Crippen molar-refractivity contribution in [3.63, 3.8) is 0 Å². The molecule has 0 aromatic carbocycles. The fraction of sp³-hybridized carbons (Fsp3) is 0.375. The molecule has 2 nitrogen and oxygen atoms in total. The maximum absolute atomic E-state index is 5.39. The Hall–Kier alpha value is -0.450. The molecule has 1 rings (SSSR count). The van der Waals surface area contributed by atoms with Gasteiger partial charge in [0.25, 0.3) is 0 Å². The highest BCUT2D eigenvalue weighted by molar-refractivity contribution is 7.80. The lowest BCUT2D eigenvalue weighted by Gasteiger charge is -2.09. The van der Waals surface area contributed by atoms with Crippen LogP contribution in [0, 0.1) is 0 Å². The van der Waals surface area contributed by atoms with Gasteiger partial charge in [-0.25, -0.2) is 0 Å². The molecule has 0 saturated carbocycles. The first-order valence-corrected chi connectivity index (χ1v) is 4.92. The van der Waals surface area contributed by atoms with E-state index in [1.54, 1.807) is 11.3 Å². The summed E-state index contributed by atoms with van der Waals surface area (Å²) in [5, 5.41) is 2.02. The highest BCUT2D eigenvalue weighted by Crippen LogP contribution is 2.10. The minimum absolute atomic E-state index is 0.137. The van der Waals surface area contributed by atoms with Gasteiger partial charge in [0.15, 0.2) is 0 Å². The Morgan fingerprint density at radius 1 is 1.83 bits per heavy atom. The van der Waals surface area contributed by atoms with Crippen LogP contribution >= 0.6 is 23.6 Å². The van der Waals surface area contributed by atoms with Gasteiger partial charge >= 0.3 is 0 Å². The van der Waals surface area contributed by atoms with Gasteiger partial charge in [-0.3, -0.25) is 0 Å². The molecule has 0 saturated heterocycles. The van der Waals surface area contributed by atoms with Gasteiger partial charge in [0.2, 0.25) is 0 Å². The van der Waals surface area contributed by atoms with E-state index in [2.05, 4.69) is 0 Å². The third kappa shape index (κ3) is 2.89. The number of hydrogen-bond donors (Lipinski definition) is 1. The molecule has 12 heavy (non-hydrogen) atoms. The molecule has 4 heteroatoms.